The third-order valence-corrected chi connectivity index (χ3v) is 4.86. The van der Waals surface area contributed by atoms with Crippen LogP contribution in [0.5, 0.6) is 0 Å². The summed E-state index contributed by atoms with van der Waals surface area (Å²) < 4.78 is 5.13. The average molecular weight is 338 g/mol. The molecule has 0 bridgehead atoms. The summed E-state index contributed by atoms with van der Waals surface area (Å²) in [5.41, 5.74) is 6.45. The molecule has 1 atom stereocenters. The molecule has 126 valence electrons. The first-order valence-electron chi connectivity index (χ1n) is 7.74. The fourth-order valence-corrected chi connectivity index (χ4v) is 3.83. The zero-order chi connectivity index (χ0) is 17.1. The van der Waals surface area contributed by atoms with E-state index >= 15 is 0 Å². The molecule has 0 saturated carbocycles. The zero-order valence-electron chi connectivity index (χ0n) is 13.6. The van der Waals surface area contributed by atoms with E-state index in [4.69, 9.17) is 10.5 Å². The lowest BCUT2D eigenvalue weighted by atomic mass is 10.1. The van der Waals surface area contributed by atoms with Crippen LogP contribution in [0.4, 0.5) is 5.00 Å². The summed E-state index contributed by atoms with van der Waals surface area (Å²) in [6.07, 6.45) is 2.04. The molecule has 1 heterocycles. The van der Waals surface area contributed by atoms with Gasteiger partial charge >= 0.3 is 5.97 Å². The van der Waals surface area contributed by atoms with Gasteiger partial charge in [0.2, 0.25) is 5.91 Å². The lowest BCUT2D eigenvalue weighted by Crippen LogP contribution is -2.30. The highest BCUT2D eigenvalue weighted by atomic mass is 32.1. The molecule has 23 heavy (non-hydrogen) atoms. The molecule has 1 aliphatic rings. The molecular weight excluding hydrogens is 316 g/mol. The minimum Gasteiger partial charge on any atom is -0.449 e. The molecule has 6 nitrogen and oxygen atoms in total. The fourth-order valence-electron chi connectivity index (χ4n) is 2.53. The van der Waals surface area contributed by atoms with Crippen LogP contribution in [0.3, 0.4) is 0 Å². The molecule has 2 amide bonds. The van der Waals surface area contributed by atoms with Crippen LogP contribution in [-0.2, 0) is 27.2 Å². The summed E-state index contributed by atoms with van der Waals surface area (Å²) in [7, 11) is 0. The lowest BCUT2D eigenvalue weighted by molar-refractivity contribution is -0.125. The van der Waals surface area contributed by atoms with Crippen LogP contribution >= 0.6 is 11.3 Å². The predicted molar refractivity (Wildman–Crippen MR) is 88.5 cm³/mol. The van der Waals surface area contributed by atoms with Gasteiger partial charge in [-0.25, -0.2) is 4.79 Å². The van der Waals surface area contributed by atoms with Gasteiger partial charge in [0.05, 0.1) is 5.56 Å². The molecule has 3 N–H and O–H groups in total. The Morgan fingerprint density at radius 1 is 1.26 bits per heavy atom. The van der Waals surface area contributed by atoms with Crippen molar-refractivity contribution < 1.29 is 19.1 Å². The Morgan fingerprint density at radius 3 is 2.57 bits per heavy atom. The van der Waals surface area contributed by atoms with Gasteiger partial charge in [0.15, 0.2) is 6.10 Å². The summed E-state index contributed by atoms with van der Waals surface area (Å²) in [6, 6.07) is 0. The van der Waals surface area contributed by atoms with Crippen molar-refractivity contribution in [1.82, 2.24) is 0 Å². The molecular formula is C16H22N2O4S. The van der Waals surface area contributed by atoms with E-state index in [0.717, 1.165) is 29.7 Å². The quantitative estimate of drug-likeness (QED) is 0.777. The average Bonchev–Trinajstić information content (AvgIpc) is 2.96. The monoisotopic (exact) mass is 338 g/mol. The number of ether oxygens (including phenoxy) is 1. The number of nitrogens with two attached hydrogens (primary N) is 1. The first kappa shape index (κ1) is 17.5. The molecule has 1 aromatic heterocycles. The van der Waals surface area contributed by atoms with E-state index in [2.05, 4.69) is 5.32 Å². The molecule has 0 spiro atoms. The Labute approximate surface area is 139 Å². The Morgan fingerprint density at radius 2 is 1.96 bits per heavy atom. The Balaban J connectivity index is 2.24. The van der Waals surface area contributed by atoms with Crippen LogP contribution < -0.4 is 11.1 Å². The Bertz CT molecular complexity index is 636. The maximum Gasteiger partial charge on any atom is 0.342 e. The third-order valence-electron chi connectivity index (χ3n) is 3.66. The lowest BCUT2D eigenvalue weighted by Gasteiger charge is -2.12. The van der Waals surface area contributed by atoms with E-state index in [1.807, 2.05) is 13.8 Å². The van der Waals surface area contributed by atoms with Gasteiger partial charge in [-0.05, 0) is 37.7 Å². The number of anilines is 1. The van der Waals surface area contributed by atoms with Gasteiger partial charge in [0.25, 0.3) is 5.91 Å². The van der Waals surface area contributed by atoms with Gasteiger partial charge in [0, 0.05) is 11.3 Å². The number of fused-ring (bicyclic) bond motifs is 1. The minimum absolute atomic E-state index is 0.128. The molecule has 1 aliphatic carbocycles. The predicted octanol–water partition coefficient (Wildman–Crippen LogP) is 2.25. The minimum atomic E-state index is -1.00. The molecule has 7 heteroatoms. The molecule has 2 rings (SSSR count). The van der Waals surface area contributed by atoms with E-state index in [1.165, 1.54) is 18.3 Å². The highest BCUT2D eigenvalue weighted by Crippen LogP contribution is 2.39. The molecule has 0 aliphatic heterocycles. The van der Waals surface area contributed by atoms with Gasteiger partial charge in [-0.2, -0.15) is 0 Å². The summed E-state index contributed by atoms with van der Waals surface area (Å²) >= 11 is 1.42. The molecule has 1 aromatic rings. The number of carbonyl (C=O) groups is 3. The third kappa shape index (κ3) is 4.10. The maximum absolute atomic E-state index is 12.4. The van der Waals surface area contributed by atoms with Crippen molar-refractivity contribution in [1.29, 1.82) is 0 Å². The van der Waals surface area contributed by atoms with Gasteiger partial charge in [-0.15, -0.1) is 11.3 Å². The second-order valence-corrected chi connectivity index (χ2v) is 7.26. The second kappa shape index (κ2) is 7.12. The summed E-state index contributed by atoms with van der Waals surface area (Å²) in [6.45, 7) is 5.35. The normalized spacial score (nSPS) is 14.4. The number of esters is 1. The van der Waals surface area contributed by atoms with Crippen LogP contribution in [-0.4, -0.2) is 23.9 Å². The number of amides is 2. The van der Waals surface area contributed by atoms with Gasteiger partial charge in [0.1, 0.15) is 5.00 Å². The Kier molecular flexibility index (Phi) is 5.41. The topological polar surface area (TPSA) is 98.5 Å². The van der Waals surface area contributed by atoms with Crippen LogP contribution in [0.15, 0.2) is 0 Å². The first-order chi connectivity index (χ1) is 10.8. The van der Waals surface area contributed by atoms with Gasteiger partial charge < -0.3 is 15.8 Å². The van der Waals surface area contributed by atoms with E-state index in [9.17, 15) is 14.4 Å². The van der Waals surface area contributed by atoms with Crippen molar-refractivity contribution in [2.75, 3.05) is 5.32 Å². The molecule has 0 saturated heterocycles. The van der Waals surface area contributed by atoms with Crippen molar-refractivity contribution in [2.45, 2.75) is 52.6 Å². The molecule has 0 radical (unpaired) electrons. The van der Waals surface area contributed by atoms with Crippen molar-refractivity contribution >= 4 is 34.1 Å². The summed E-state index contributed by atoms with van der Waals surface area (Å²) in [5, 5.41) is 3.33. The SMILES string of the molecule is CC(C)CC(=O)Nc1sc2c(c1C(=O)O[C@@H](C)C(N)=O)CCC2. The van der Waals surface area contributed by atoms with Crippen molar-refractivity contribution in [3.63, 3.8) is 0 Å². The van der Waals surface area contributed by atoms with Gasteiger partial charge in [-0.1, -0.05) is 13.8 Å². The standard InChI is InChI=1S/C16H22N2O4S/c1-8(2)7-12(19)18-15-13(10-5-4-6-11(10)23-15)16(21)22-9(3)14(17)20/h8-9H,4-7H2,1-3H3,(H2,17,20)(H,18,19)/t9-/m0/s1. The number of nitrogens with one attached hydrogen (secondary N) is 1. The smallest absolute Gasteiger partial charge is 0.342 e. The largest absolute Gasteiger partial charge is 0.449 e. The molecule has 0 aromatic carbocycles. The molecule has 0 unspecified atom stereocenters. The highest BCUT2D eigenvalue weighted by Gasteiger charge is 2.30. The van der Waals surface area contributed by atoms with Crippen LogP contribution in [0.2, 0.25) is 0 Å². The van der Waals surface area contributed by atoms with E-state index in [0.29, 0.717) is 17.0 Å². The fraction of sp³-hybridized carbons (Fsp3) is 0.562. The van der Waals surface area contributed by atoms with E-state index in [-0.39, 0.29) is 11.8 Å². The first-order valence-corrected chi connectivity index (χ1v) is 8.56. The van der Waals surface area contributed by atoms with Crippen LogP contribution in [0.1, 0.15) is 54.4 Å². The number of primary amides is 1. The van der Waals surface area contributed by atoms with Crippen molar-refractivity contribution in [3.8, 4) is 0 Å². The summed E-state index contributed by atoms with van der Waals surface area (Å²) in [4.78, 5) is 36.7. The van der Waals surface area contributed by atoms with Crippen LogP contribution in [0.25, 0.3) is 0 Å². The zero-order valence-corrected chi connectivity index (χ0v) is 14.4. The number of hydrogen-bond acceptors (Lipinski definition) is 5. The van der Waals surface area contributed by atoms with E-state index in [1.54, 1.807) is 0 Å². The summed E-state index contributed by atoms with van der Waals surface area (Å²) in [5.74, 6) is -1.20. The molecule has 0 fully saturated rings. The maximum atomic E-state index is 12.4. The number of hydrogen-bond donors (Lipinski definition) is 2. The van der Waals surface area contributed by atoms with Crippen molar-refractivity contribution in [2.24, 2.45) is 11.7 Å². The Hall–Kier alpha value is -1.89. The second-order valence-electron chi connectivity index (χ2n) is 6.16. The van der Waals surface area contributed by atoms with Crippen molar-refractivity contribution in [3.05, 3.63) is 16.0 Å². The number of carbonyl (C=O) groups excluding carboxylic acids is 3. The van der Waals surface area contributed by atoms with Gasteiger partial charge in [-0.3, -0.25) is 9.59 Å². The number of aryl methyl sites for hydroxylation is 1. The number of thiophene rings is 1. The van der Waals surface area contributed by atoms with E-state index < -0.39 is 18.0 Å². The number of rotatable bonds is 6. The van der Waals surface area contributed by atoms with Crippen LogP contribution in [0, 0.1) is 5.92 Å². The highest BCUT2D eigenvalue weighted by molar-refractivity contribution is 7.17.